The summed E-state index contributed by atoms with van der Waals surface area (Å²) >= 11 is 0. The maximum Gasteiger partial charge on any atom is 0.243 e. The van der Waals surface area contributed by atoms with Gasteiger partial charge in [-0.3, -0.25) is 4.90 Å². The molecule has 0 aromatic heterocycles. The van der Waals surface area contributed by atoms with E-state index in [1.807, 2.05) is 0 Å². The van der Waals surface area contributed by atoms with Gasteiger partial charge in [-0.15, -0.1) is 0 Å². The zero-order valence-electron chi connectivity index (χ0n) is 16.1. The predicted octanol–water partition coefficient (Wildman–Crippen LogP) is 0.595. The average molecular weight is 433 g/mol. The average Bonchev–Trinajstić information content (AvgIpc) is 3.05. The molecule has 0 amide bonds. The van der Waals surface area contributed by atoms with Crippen molar-refractivity contribution in [1.82, 2.24) is 9.21 Å². The summed E-state index contributed by atoms with van der Waals surface area (Å²) in [4.78, 5) is 2.40. The Bertz CT molecular complexity index is 849. The fourth-order valence-electron chi connectivity index (χ4n) is 3.66. The van der Waals surface area contributed by atoms with Crippen LogP contribution >= 0.6 is 0 Å². The van der Waals surface area contributed by atoms with Crippen LogP contribution in [0.25, 0.3) is 0 Å². The molecule has 0 radical (unpaired) electrons. The Kier molecular flexibility index (Phi) is 6.98. The number of hydrogen-bond acceptors (Lipinski definition) is 7. The first-order chi connectivity index (χ1) is 13.3. The number of sulfonamides is 1. The summed E-state index contributed by atoms with van der Waals surface area (Å²) in [7, 11) is -5.47. The third-order valence-electron chi connectivity index (χ3n) is 5.24. The van der Waals surface area contributed by atoms with E-state index in [9.17, 15) is 16.8 Å². The number of morpholine rings is 1. The second-order valence-corrected chi connectivity index (χ2v) is 11.3. The first kappa shape index (κ1) is 21.5. The van der Waals surface area contributed by atoms with Crippen molar-refractivity contribution in [3.05, 3.63) is 24.3 Å². The second-order valence-electron chi connectivity index (χ2n) is 7.16. The molecule has 28 heavy (non-hydrogen) atoms. The first-order valence-electron chi connectivity index (χ1n) is 9.48. The molecule has 1 aromatic rings. The predicted molar refractivity (Wildman–Crippen MR) is 106 cm³/mol. The molecule has 2 aliphatic heterocycles. The van der Waals surface area contributed by atoms with E-state index in [4.69, 9.17) is 9.47 Å². The zero-order valence-corrected chi connectivity index (χ0v) is 17.8. The quantitative estimate of drug-likeness (QED) is 0.594. The van der Waals surface area contributed by atoms with Crippen LogP contribution in [0.3, 0.4) is 0 Å². The van der Waals surface area contributed by atoms with Gasteiger partial charge in [0, 0.05) is 25.7 Å². The van der Waals surface area contributed by atoms with E-state index < -0.39 is 25.9 Å². The molecule has 2 saturated heterocycles. The molecule has 2 fully saturated rings. The molecule has 0 aliphatic carbocycles. The van der Waals surface area contributed by atoms with Gasteiger partial charge >= 0.3 is 0 Å². The van der Waals surface area contributed by atoms with Gasteiger partial charge in [0.2, 0.25) is 10.0 Å². The van der Waals surface area contributed by atoms with Gasteiger partial charge in [-0.05, 0) is 43.7 Å². The van der Waals surface area contributed by atoms with Crippen LogP contribution in [0.15, 0.2) is 29.2 Å². The van der Waals surface area contributed by atoms with E-state index in [0.717, 1.165) is 19.6 Å². The third kappa shape index (κ3) is 5.24. The molecule has 1 atom stereocenters. The number of rotatable bonds is 8. The van der Waals surface area contributed by atoms with E-state index in [-0.39, 0.29) is 16.4 Å². The minimum Gasteiger partial charge on any atom is -0.497 e. The number of nitrogens with zero attached hydrogens (tertiary/aromatic N) is 2. The largest absolute Gasteiger partial charge is 0.497 e. The Hall–Kier alpha value is -1.20. The van der Waals surface area contributed by atoms with Crippen molar-refractivity contribution >= 4 is 19.9 Å². The highest BCUT2D eigenvalue weighted by Crippen LogP contribution is 2.26. The summed E-state index contributed by atoms with van der Waals surface area (Å²) in [5, 5.41) is 0. The fraction of sp³-hybridized carbons (Fsp3) is 0.667. The monoisotopic (exact) mass is 432 g/mol. The van der Waals surface area contributed by atoms with Crippen molar-refractivity contribution < 1.29 is 26.3 Å². The topological polar surface area (TPSA) is 93.2 Å². The lowest BCUT2D eigenvalue weighted by molar-refractivity contribution is 0.0367. The minimum absolute atomic E-state index is 0.0375. The highest BCUT2D eigenvalue weighted by atomic mass is 32.2. The fourth-order valence-corrected chi connectivity index (χ4v) is 7.18. The normalized spacial score (nSPS) is 23.1. The SMILES string of the molecule is COc1ccc(S(=O)(=O)N(CCCN2CCOCC2)[C@H]2CCS(=O)(=O)C2)cc1. The van der Waals surface area contributed by atoms with Crippen molar-refractivity contribution in [2.24, 2.45) is 0 Å². The summed E-state index contributed by atoms with van der Waals surface area (Å²) in [6.45, 7) is 4.11. The Balaban J connectivity index is 1.76. The van der Waals surface area contributed by atoms with E-state index >= 15 is 0 Å². The second kappa shape index (κ2) is 9.08. The molecule has 10 heteroatoms. The van der Waals surface area contributed by atoms with Gasteiger partial charge in [0.25, 0.3) is 0 Å². The van der Waals surface area contributed by atoms with Gasteiger partial charge in [0.15, 0.2) is 9.84 Å². The minimum atomic E-state index is -3.79. The van der Waals surface area contributed by atoms with Gasteiger partial charge in [0.1, 0.15) is 5.75 Å². The lowest BCUT2D eigenvalue weighted by atomic mass is 10.2. The third-order valence-corrected chi connectivity index (χ3v) is 8.95. The van der Waals surface area contributed by atoms with Gasteiger partial charge in [0.05, 0.1) is 36.7 Å². The summed E-state index contributed by atoms with van der Waals surface area (Å²) in [6.07, 6.45) is 0.987. The van der Waals surface area contributed by atoms with Crippen LogP contribution in [-0.2, 0) is 24.6 Å². The number of methoxy groups -OCH3 is 1. The Labute approximate surface area is 167 Å². The molecule has 0 N–H and O–H groups in total. The van der Waals surface area contributed by atoms with Gasteiger partial charge in [-0.25, -0.2) is 16.8 Å². The number of hydrogen-bond donors (Lipinski definition) is 0. The van der Waals surface area contributed by atoms with Crippen molar-refractivity contribution in [2.45, 2.75) is 23.8 Å². The van der Waals surface area contributed by atoms with E-state index in [1.165, 1.54) is 23.5 Å². The molecule has 2 aliphatic rings. The van der Waals surface area contributed by atoms with E-state index in [2.05, 4.69) is 4.90 Å². The maximum atomic E-state index is 13.3. The maximum absolute atomic E-state index is 13.3. The molecule has 0 spiro atoms. The van der Waals surface area contributed by atoms with Crippen LogP contribution in [0.2, 0.25) is 0 Å². The summed E-state index contributed by atoms with van der Waals surface area (Å²) < 4.78 is 62.3. The molecule has 0 unspecified atom stereocenters. The van der Waals surface area contributed by atoms with Crippen molar-refractivity contribution in [2.75, 3.05) is 58.0 Å². The van der Waals surface area contributed by atoms with E-state index in [0.29, 0.717) is 38.3 Å². The molecule has 0 saturated carbocycles. The van der Waals surface area contributed by atoms with Crippen LogP contribution in [-0.4, -0.2) is 90.1 Å². The molecule has 8 nitrogen and oxygen atoms in total. The molecule has 2 heterocycles. The highest BCUT2D eigenvalue weighted by molar-refractivity contribution is 7.92. The summed E-state index contributed by atoms with van der Waals surface area (Å²) in [6, 6.07) is 5.70. The lowest BCUT2D eigenvalue weighted by Gasteiger charge is -2.30. The standard InChI is InChI=1S/C18H28N2O6S2/c1-25-17-3-5-18(6-4-17)28(23,24)20(16-7-14-27(21,22)15-16)9-2-8-19-10-12-26-13-11-19/h3-6,16H,2,7-15H2,1H3/t16-/m0/s1. The van der Waals surface area contributed by atoms with Crippen molar-refractivity contribution in [1.29, 1.82) is 0 Å². The molecule has 1 aromatic carbocycles. The van der Waals surface area contributed by atoms with Crippen molar-refractivity contribution in [3.8, 4) is 5.75 Å². The number of ether oxygens (including phenoxy) is 2. The molecular formula is C18H28N2O6S2. The van der Waals surface area contributed by atoms with Crippen LogP contribution in [0, 0.1) is 0 Å². The van der Waals surface area contributed by atoms with Gasteiger partial charge in [-0.1, -0.05) is 0 Å². The van der Waals surface area contributed by atoms with E-state index in [1.54, 1.807) is 12.1 Å². The van der Waals surface area contributed by atoms with Crippen molar-refractivity contribution in [3.63, 3.8) is 0 Å². The van der Waals surface area contributed by atoms with Crippen LogP contribution < -0.4 is 4.74 Å². The summed E-state index contributed by atoms with van der Waals surface area (Å²) in [5.41, 5.74) is 0. The summed E-state index contributed by atoms with van der Waals surface area (Å²) in [5.74, 6) is 0.497. The highest BCUT2D eigenvalue weighted by Gasteiger charge is 2.38. The smallest absolute Gasteiger partial charge is 0.243 e. The van der Waals surface area contributed by atoms with Crippen LogP contribution in [0.1, 0.15) is 12.8 Å². The Morgan fingerprint density at radius 2 is 1.89 bits per heavy atom. The Morgan fingerprint density at radius 3 is 2.46 bits per heavy atom. The first-order valence-corrected chi connectivity index (χ1v) is 12.7. The Morgan fingerprint density at radius 1 is 1.21 bits per heavy atom. The zero-order chi connectivity index (χ0) is 20.2. The number of benzene rings is 1. The molecule has 3 rings (SSSR count). The van der Waals surface area contributed by atoms with Gasteiger partial charge < -0.3 is 9.47 Å². The lowest BCUT2D eigenvalue weighted by Crippen LogP contribution is -2.43. The molecular weight excluding hydrogens is 404 g/mol. The van der Waals surface area contributed by atoms with Crippen LogP contribution in [0.5, 0.6) is 5.75 Å². The van der Waals surface area contributed by atoms with Gasteiger partial charge in [-0.2, -0.15) is 4.31 Å². The van der Waals surface area contributed by atoms with Crippen LogP contribution in [0.4, 0.5) is 0 Å². The molecule has 0 bridgehead atoms. The molecule has 158 valence electrons. The number of sulfone groups is 1.